The van der Waals surface area contributed by atoms with E-state index in [0.29, 0.717) is 11.9 Å². The van der Waals surface area contributed by atoms with Crippen LogP contribution in [0.25, 0.3) is 0 Å². The van der Waals surface area contributed by atoms with Gasteiger partial charge in [0.2, 0.25) is 0 Å². The largest absolute Gasteiger partial charge is 0.363 e. The van der Waals surface area contributed by atoms with E-state index >= 15 is 0 Å². The van der Waals surface area contributed by atoms with Gasteiger partial charge < -0.3 is 4.90 Å². The Kier molecular flexibility index (Phi) is 6.84. The third-order valence-corrected chi connectivity index (χ3v) is 3.67. The first-order chi connectivity index (χ1) is 10.7. The van der Waals surface area contributed by atoms with E-state index in [-0.39, 0.29) is 18.8 Å². The highest BCUT2D eigenvalue weighted by Crippen LogP contribution is 2.32. The SMILES string of the molecule is CS(=O)(=O)OCCN(CCBr)c1ccc([N+](=O)[O-])cc1[N+](=O)[O-]. The van der Waals surface area contributed by atoms with Crippen LogP contribution in [0.15, 0.2) is 18.2 Å². The van der Waals surface area contributed by atoms with Crippen molar-refractivity contribution >= 4 is 43.1 Å². The molecule has 1 aromatic rings. The molecular formula is C11H14BrN3O7S. The summed E-state index contributed by atoms with van der Waals surface area (Å²) in [6.07, 6.45) is 0.899. The van der Waals surface area contributed by atoms with Gasteiger partial charge in [-0.3, -0.25) is 24.4 Å². The minimum absolute atomic E-state index is 0.0668. The van der Waals surface area contributed by atoms with Gasteiger partial charge in [-0.15, -0.1) is 0 Å². The summed E-state index contributed by atoms with van der Waals surface area (Å²) in [6.45, 7) is 0.197. The number of hydrogen-bond acceptors (Lipinski definition) is 8. The van der Waals surface area contributed by atoms with Crippen LogP contribution in [-0.4, -0.2) is 49.5 Å². The van der Waals surface area contributed by atoms with Gasteiger partial charge in [0.1, 0.15) is 5.69 Å². The van der Waals surface area contributed by atoms with E-state index in [9.17, 15) is 28.6 Å². The number of benzene rings is 1. The second kappa shape index (κ2) is 8.17. The lowest BCUT2D eigenvalue weighted by molar-refractivity contribution is -0.393. The molecule has 23 heavy (non-hydrogen) atoms. The van der Waals surface area contributed by atoms with Gasteiger partial charge in [-0.1, -0.05) is 15.9 Å². The Hall–Kier alpha value is -1.79. The van der Waals surface area contributed by atoms with Crippen LogP contribution in [0.3, 0.4) is 0 Å². The molecule has 0 atom stereocenters. The monoisotopic (exact) mass is 411 g/mol. The minimum Gasteiger partial charge on any atom is -0.363 e. The first kappa shape index (κ1) is 19.3. The minimum atomic E-state index is -3.62. The standard InChI is InChI=1S/C11H14BrN3O7S/c1-23(20,21)22-7-6-13(5-4-12)10-3-2-9(14(16)17)8-11(10)15(18)19/h2-3,8H,4-7H2,1H3. The van der Waals surface area contributed by atoms with Crippen molar-refractivity contribution in [3.05, 3.63) is 38.4 Å². The summed E-state index contributed by atoms with van der Waals surface area (Å²) in [7, 11) is -3.62. The molecule has 0 spiro atoms. The van der Waals surface area contributed by atoms with Gasteiger partial charge in [0.15, 0.2) is 0 Å². The van der Waals surface area contributed by atoms with Crippen molar-refractivity contribution in [2.75, 3.05) is 36.2 Å². The third-order valence-electron chi connectivity index (χ3n) is 2.72. The Labute approximate surface area is 140 Å². The van der Waals surface area contributed by atoms with Gasteiger partial charge in [-0.05, 0) is 6.07 Å². The van der Waals surface area contributed by atoms with Crippen molar-refractivity contribution in [1.82, 2.24) is 0 Å². The number of hydrogen-bond donors (Lipinski definition) is 0. The van der Waals surface area contributed by atoms with Crippen molar-refractivity contribution in [1.29, 1.82) is 0 Å². The average molecular weight is 412 g/mol. The van der Waals surface area contributed by atoms with E-state index in [1.165, 1.54) is 11.0 Å². The fourth-order valence-corrected chi connectivity index (χ4v) is 2.60. The van der Waals surface area contributed by atoms with Gasteiger partial charge in [0.05, 0.1) is 28.8 Å². The zero-order chi connectivity index (χ0) is 17.6. The predicted molar refractivity (Wildman–Crippen MR) is 86.6 cm³/mol. The second-order valence-corrected chi connectivity index (χ2v) is 6.83. The van der Waals surface area contributed by atoms with Gasteiger partial charge >= 0.3 is 0 Å². The number of nitro groups is 2. The molecule has 0 N–H and O–H groups in total. The maximum atomic E-state index is 11.2. The lowest BCUT2D eigenvalue weighted by atomic mass is 10.2. The van der Waals surface area contributed by atoms with Crippen molar-refractivity contribution < 1.29 is 22.4 Å². The van der Waals surface area contributed by atoms with Crippen LogP contribution >= 0.6 is 15.9 Å². The van der Waals surface area contributed by atoms with Gasteiger partial charge in [-0.2, -0.15) is 8.42 Å². The van der Waals surface area contributed by atoms with Crippen LogP contribution in [-0.2, 0) is 14.3 Å². The molecule has 0 radical (unpaired) electrons. The summed E-state index contributed by atoms with van der Waals surface area (Å²) in [5.41, 5.74) is -0.678. The maximum Gasteiger partial charge on any atom is 0.299 e. The molecular weight excluding hydrogens is 398 g/mol. The molecule has 0 fully saturated rings. The van der Waals surface area contributed by atoms with Gasteiger partial charge in [0.25, 0.3) is 21.5 Å². The van der Waals surface area contributed by atoms with Crippen molar-refractivity contribution in [2.24, 2.45) is 0 Å². The normalized spacial score (nSPS) is 11.2. The van der Waals surface area contributed by atoms with Crippen LogP contribution in [0.1, 0.15) is 0 Å². The summed E-state index contributed by atoms with van der Waals surface area (Å²) >= 11 is 3.20. The molecule has 12 heteroatoms. The van der Waals surface area contributed by atoms with Gasteiger partial charge in [-0.25, -0.2) is 0 Å². The van der Waals surface area contributed by atoms with Crippen LogP contribution in [0, 0.1) is 20.2 Å². The predicted octanol–water partition coefficient (Wildman–Crippen LogP) is 1.68. The summed E-state index contributed by atoms with van der Waals surface area (Å²) in [5, 5.41) is 22.4. The average Bonchev–Trinajstić information content (AvgIpc) is 2.44. The smallest absolute Gasteiger partial charge is 0.299 e. The summed E-state index contributed by atoms with van der Waals surface area (Å²) < 4.78 is 26.6. The van der Waals surface area contributed by atoms with Crippen LogP contribution in [0.5, 0.6) is 0 Å². The Morgan fingerprint density at radius 1 is 1.22 bits per heavy atom. The molecule has 0 amide bonds. The number of alkyl halides is 1. The Bertz CT molecular complexity index is 695. The van der Waals surface area contributed by atoms with E-state index in [4.69, 9.17) is 0 Å². The molecule has 0 saturated carbocycles. The molecule has 0 aliphatic rings. The summed E-state index contributed by atoms with van der Waals surface area (Å²) in [6, 6.07) is 3.29. The fourth-order valence-electron chi connectivity index (χ4n) is 1.79. The topological polar surface area (TPSA) is 133 Å². The Balaban J connectivity index is 3.10. The second-order valence-electron chi connectivity index (χ2n) is 4.39. The lowest BCUT2D eigenvalue weighted by Gasteiger charge is -2.23. The Morgan fingerprint density at radius 2 is 1.87 bits per heavy atom. The Morgan fingerprint density at radius 3 is 2.35 bits per heavy atom. The maximum absolute atomic E-state index is 11.2. The molecule has 0 unspecified atom stereocenters. The number of nitro benzene ring substituents is 2. The van der Waals surface area contributed by atoms with Crippen LogP contribution < -0.4 is 4.90 Å². The highest BCUT2D eigenvalue weighted by Gasteiger charge is 2.23. The third kappa shape index (κ3) is 6.08. The summed E-state index contributed by atoms with van der Waals surface area (Å²) in [5.74, 6) is 0. The quantitative estimate of drug-likeness (QED) is 0.259. The van der Waals surface area contributed by atoms with E-state index in [2.05, 4.69) is 20.1 Å². The molecule has 1 rings (SSSR count). The van der Waals surface area contributed by atoms with Crippen LogP contribution in [0.4, 0.5) is 17.1 Å². The number of nitrogens with zero attached hydrogens (tertiary/aromatic N) is 3. The zero-order valence-corrected chi connectivity index (χ0v) is 14.4. The molecule has 0 aliphatic heterocycles. The highest BCUT2D eigenvalue weighted by molar-refractivity contribution is 9.09. The molecule has 0 heterocycles. The van der Waals surface area contributed by atoms with Gasteiger partial charge in [0, 0.05) is 24.5 Å². The molecule has 0 saturated heterocycles. The summed E-state index contributed by atoms with van der Waals surface area (Å²) in [4.78, 5) is 22.0. The van der Waals surface area contributed by atoms with E-state index in [1.807, 2.05) is 0 Å². The molecule has 10 nitrogen and oxygen atoms in total. The number of anilines is 1. The molecule has 128 valence electrons. The molecule has 0 aliphatic carbocycles. The molecule has 0 aromatic heterocycles. The molecule has 0 bridgehead atoms. The lowest BCUT2D eigenvalue weighted by Crippen LogP contribution is -2.30. The first-order valence-corrected chi connectivity index (χ1v) is 9.17. The number of rotatable bonds is 9. The number of non-ortho nitro benzene ring substituents is 1. The highest BCUT2D eigenvalue weighted by atomic mass is 79.9. The van der Waals surface area contributed by atoms with Crippen molar-refractivity contribution in [2.45, 2.75) is 0 Å². The fraction of sp³-hybridized carbons (Fsp3) is 0.455. The first-order valence-electron chi connectivity index (χ1n) is 6.24. The van der Waals surface area contributed by atoms with Crippen molar-refractivity contribution in [3.8, 4) is 0 Å². The van der Waals surface area contributed by atoms with Crippen LogP contribution in [0.2, 0.25) is 0 Å². The zero-order valence-electron chi connectivity index (χ0n) is 12.0. The van der Waals surface area contributed by atoms with E-state index in [0.717, 1.165) is 18.4 Å². The molecule has 1 aromatic carbocycles. The van der Waals surface area contributed by atoms with E-state index in [1.54, 1.807) is 0 Å². The van der Waals surface area contributed by atoms with E-state index < -0.39 is 31.3 Å². The number of halogens is 1. The van der Waals surface area contributed by atoms with Crippen molar-refractivity contribution in [3.63, 3.8) is 0 Å².